The van der Waals surface area contributed by atoms with E-state index in [0.29, 0.717) is 18.2 Å². The van der Waals surface area contributed by atoms with Crippen molar-refractivity contribution in [3.05, 3.63) is 59.5 Å². The predicted octanol–water partition coefficient (Wildman–Crippen LogP) is 5.90. The summed E-state index contributed by atoms with van der Waals surface area (Å²) in [6, 6.07) is 10.1. The molecular formula is C28H35ClN4O. The molecule has 3 aromatic rings. The first-order valence-corrected chi connectivity index (χ1v) is 13.2. The van der Waals surface area contributed by atoms with Gasteiger partial charge in [0, 0.05) is 48.0 Å². The number of aromatic nitrogens is 2. The number of carbonyl (C=O) groups is 1. The number of rotatable bonds is 6. The van der Waals surface area contributed by atoms with Crippen LogP contribution in [0.25, 0.3) is 16.6 Å². The van der Waals surface area contributed by atoms with E-state index in [1.54, 1.807) is 0 Å². The van der Waals surface area contributed by atoms with Crippen LogP contribution in [0.15, 0.2) is 48.9 Å². The SMILES string of the molecule is CCN1CCC(CCC(=O)N2CCC(c3cn(-c4ccc(Cl)cc4)c4cnccc34)CC2)CC1. The van der Waals surface area contributed by atoms with Crippen molar-refractivity contribution in [2.75, 3.05) is 32.7 Å². The Morgan fingerprint density at radius 3 is 2.47 bits per heavy atom. The van der Waals surface area contributed by atoms with Gasteiger partial charge in [-0.25, -0.2) is 0 Å². The second-order valence-corrected chi connectivity index (χ2v) is 10.3. The summed E-state index contributed by atoms with van der Waals surface area (Å²) in [6.07, 6.45) is 12.4. The summed E-state index contributed by atoms with van der Waals surface area (Å²) in [6.45, 7) is 7.49. The highest BCUT2D eigenvalue weighted by molar-refractivity contribution is 6.30. The van der Waals surface area contributed by atoms with Gasteiger partial charge in [-0.1, -0.05) is 18.5 Å². The number of piperidine rings is 2. The van der Waals surface area contributed by atoms with Crippen LogP contribution in [0.3, 0.4) is 0 Å². The maximum Gasteiger partial charge on any atom is 0.222 e. The molecule has 1 aromatic carbocycles. The summed E-state index contributed by atoms with van der Waals surface area (Å²) in [5.41, 5.74) is 3.57. The van der Waals surface area contributed by atoms with Crippen LogP contribution in [-0.4, -0.2) is 58.0 Å². The molecule has 2 aromatic heterocycles. The fourth-order valence-electron chi connectivity index (χ4n) is 5.76. The third-order valence-corrected chi connectivity index (χ3v) is 8.20. The van der Waals surface area contributed by atoms with E-state index in [-0.39, 0.29) is 0 Å². The van der Waals surface area contributed by atoms with Gasteiger partial charge in [-0.2, -0.15) is 0 Å². The maximum absolute atomic E-state index is 12.9. The van der Waals surface area contributed by atoms with E-state index >= 15 is 0 Å². The molecule has 6 heteroatoms. The van der Waals surface area contributed by atoms with Crippen molar-refractivity contribution >= 4 is 28.4 Å². The minimum Gasteiger partial charge on any atom is -0.343 e. The first-order chi connectivity index (χ1) is 16.6. The maximum atomic E-state index is 12.9. The van der Waals surface area contributed by atoms with Crippen molar-refractivity contribution in [3.8, 4) is 5.69 Å². The van der Waals surface area contributed by atoms with Gasteiger partial charge in [-0.05, 0) is 99.5 Å². The molecule has 2 aliphatic rings. The molecule has 0 N–H and O–H groups in total. The molecule has 4 heterocycles. The van der Waals surface area contributed by atoms with Gasteiger partial charge >= 0.3 is 0 Å². The molecule has 5 rings (SSSR count). The van der Waals surface area contributed by atoms with Gasteiger partial charge in [0.25, 0.3) is 0 Å². The molecule has 34 heavy (non-hydrogen) atoms. The van der Waals surface area contributed by atoms with Gasteiger partial charge in [0.1, 0.15) is 0 Å². The molecule has 2 fully saturated rings. The number of benzene rings is 1. The first-order valence-electron chi connectivity index (χ1n) is 12.8. The molecule has 1 amide bonds. The average molecular weight is 479 g/mol. The lowest BCUT2D eigenvalue weighted by molar-refractivity contribution is -0.132. The predicted molar refractivity (Wildman–Crippen MR) is 139 cm³/mol. The average Bonchev–Trinajstić information content (AvgIpc) is 3.28. The zero-order valence-electron chi connectivity index (χ0n) is 20.1. The molecule has 2 saturated heterocycles. The lowest BCUT2D eigenvalue weighted by Crippen LogP contribution is -2.38. The van der Waals surface area contributed by atoms with Gasteiger partial charge in [-0.3, -0.25) is 9.78 Å². The highest BCUT2D eigenvalue weighted by Gasteiger charge is 2.27. The summed E-state index contributed by atoms with van der Waals surface area (Å²) < 4.78 is 2.22. The lowest BCUT2D eigenvalue weighted by Gasteiger charge is -2.33. The van der Waals surface area contributed by atoms with Gasteiger partial charge in [0.15, 0.2) is 0 Å². The standard InChI is InChI=1S/C28H35ClN4O/c1-2-31-15-10-21(11-16-31)3-8-28(34)32-17-12-22(13-18-32)26-20-33(24-6-4-23(29)5-7-24)27-19-30-14-9-25(26)27/h4-7,9,14,19-22H,2-3,8,10-13,15-18H2,1H3. The molecule has 2 aliphatic heterocycles. The number of amides is 1. The molecule has 180 valence electrons. The Morgan fingerprint density at radius 1 is 1.03 bits per heavy atom. The number of nitrogens with zero attached hydrogens (tertiary/aromatic N) is 4. The zero-order chi connectivity index (χ0) is 23.5. The smallest absolute Gasteiger partial charge is 0.222 e. The van der Waals surface area contributed by atoms with Crippen LogP contribution in [0.2, 0.25) is 5.02 Å². The number of fused-ring (bicyclic) bond motifs is 1. The minimum absolute atomic E-state index is 0.351. The van der Waals surface area contributed by atoms with Crippen LogP contribution >= 0.6 is 11.6 Å². The minimum atomic E-state index is 0.351. The number of halogens is 1. The lowest BCUT2D eigenvalue weighted by atomic mass is 9.88. The second-order valence-electron chi connectivity index (χ2n) is 9.90. The quantitative estimate of drug-likeness (QED) is 0.443. The normalized spacial score (nSPS) is 18.6. The first kappa shape index (κ1) is 23.4. The fourth-order valence-corrected chi connectivity index (χ4v) is 5.88. The Labute approximate surface area is 207 Å². The largest absolute Gasteiger partial charge is 0.343 e. The summed E-state index contributed by atoms with van der Waals surface area (Å²) in [5, 5.41) is 2.00. The van der Waals surface area contributed by atoms with Crippen LogP contribution in [0, 0.1) is 5.92 Å². The van der Waals surface area contributed by atoms with Crippen LogP contribution in [0.1, 0.15) is 56.9 Å². The molecule has 0 saturated carbocycles. The number of hydrogen-bond donors (Lipinski definition) is 0. The molecule has 0 aliphatic carbocycles. The Hall–Kier alpha value is -2.37. The van der Waals surface area contributed by atoms with E-state index in [1.807, 2.05) is 36.7 Å². The van der Waals surface area contributed by atoms with E-state index < -0.39 is 0 Å². The summed E-state index contributed by atoms with van der Waals surface area (Å²) in [4.78, 5) is 21.9. The third kappa shape index (κ3) is 5.01. The van der Waals surface area contributed by atoms with E-state index in [4.69, 9.17) is 11.6 Å². The van der Waals surface area contributed by atoms with E-state index in [9.17, 15) is 4.79 Å². The summed E-state index contributed by atoms with van der Waals surface area (Å²) >= 11 is 6.11. The highest BCUT2D eigenvalue weighted by atomic mass is 35.5. The highest BCUT2D eigenvalue weighted by Crippen LogP contribution is 2.36. The topological polar surface area (TPSA) is 41.4 Å². The van der Waals surface area contributed by atoms with Crippen LogP contribution in [0.4, 0.5) is 0 Å². The van der Waals surface area contributed by atoms with Gasteiger partial charge in [0.05, 0.1) is 11.7 Å². The molecular weight excluding hydrogens is 444 g/mol. The van der Waals surface area contributed by atoms with Crippen LogP contribution < -0.4 is 0 Å². The van der Waals surface area contributed by atoms with Crippen molar-refractivity contribution in [3.63, 3.8) is 0 Å². The number of likely N-dealkylation sites (tertiary alicyclic amines) is 2. The van der Waals surface area contributed by atoms with Crippen molar-refractivity contribution in [1.82, 2.24) is 19.4 Å². The molecule has 0 spiro atoms. The van der Waals surface area contributed by atoms with Crippen molar-refractivity contribution in [1.29, 1.82) is 0 Å². The third-order valence-electron chi connectivity index (χ3n) is 7.95. The molecule has 0 unspecified atom stereocenters. The van der Waals surface area contributed by atoms with E-state index in [2.05, 4.69) is 38.5 Å². The molecule has 0 atom stereocenters. The Kier molecular flexibility index (Phi) is 7.21. The van der Waals surface area contributed by atoms with Gasteiger partial charge in [0.2, 0.25) is 5.91 Å². The van der Waals surface area contributed by atoms with Crippen LogP contribution in [0.5, 0.6) is 0 Å². The second kappa shape index (κ2) is 10.5. The van der Waals surface area contributed by atoms with Crippen LogP contribution in [-0.2, 0) is 4.79 Å². The molecule has 5 nitrogen and oxygen atoms in total. The van der Waals surface area contributed by atoms with Crippen molar-refractivity contribution in [2.45, 2.75) is 51.4 Å². The van der Waals surface area contributed by atoms with E-state index in [1.165, 1.54) is 36.9 Å². The number of carbonyl (C=O) groups excluding carboxylic acids is 1. The zero-order valence-corrected chi connectivity index (χ0v) is 20.9. The summed E-state index contributed by atoms with van der Waals surface area (Å²) in [7, 11) is 0. The van der Waals surface area contributed by atoms with Crippen molar-refractivity contribution in [2.24, 2.45) is 5.92 Å². The van der Waals surface area contributed by atoms with Gasteiger partial charge < -0.3 is 14.4 Å². The molecule has 0 radical (unpaired) electrons. The number of pyridine rings is 1. The number of hydrogen-bond acceptors (Lipinski definition) is 3. The summed E-state index contributed by atoms with van der Waals surface area (Å²) in [5.74, 6) is 1.53. The molecule has 0 bridgehead atoms. The van der Waals surface area contributed by atoms with E-state index in [0.717, 1.165) is 61.0 Å². The Balaban J connectivity index is 1.21. The van der Waals surface area contributed by atoms with Crippen molar-refractivity contribution < 1.29 is 4.79 Å². The fraction of sp³-hybridized carbons (Fsp3) is 0.500. The van der Waals surface area contributed by atoms with Gasteiger partial charge in [-0.15, -0.1) is 0 Å². The Bertz CT molecular complexity index is 1110. The monoisotopic (exact) mass is 478 g/mol. The Morgan fingerprint density at radius 2 is 1.76 bits per heavy atom.